The average Bonchev–Trinajstić information content (AvgIpc) is 2.75. The highest BCUT2D eigenvalue weighted by Crippen LogP contribution is 2.23. The summed E-state index contributed by atoms with van der Waals surface area (Å²) in [5.41, 5.74) is 8.01. The summed E-state index contributed by atoms with van der Waals surface area (Å²) < 4.78 is 2.36. The number of nitrogens with zero attached hydrogens (tertiary/aromatic N) is 2. The van der Waals surface area contributed by atoms with E-state index in [9.17, 15) is 0 Å². The number of aromatic nitrogens is 1. The van der Waals surface area contributed by atoms with Crippen LogP contribution < -0.4 is 5.73 Å². The molecule has 1 saturated heterocycles. The first kappa shape index (κ1) is 11.6. The number of nitrogens with two attached hydrogens (primary N) is 1. The van der Waals surface area contributed by atoms with Crippen molar-refractivity contribution >= 4 is 16.6 Å². The third-order valence-corrected chi connectivity index (χ3v) is 4.09. The highest BCUT2D eigenvalue weighted by molar-refractivity contribution is 5.83. The number of benzene rings is 1. The fourth-order valence-electron chi connectivity index (χ4n) is 2.88. The Hall–Kier alpha value is -1.48. The van der Waals surface area contributed by atoms with Crippen LogP contribution in [0.15, 0.2) is 30.5 Å². The van der Waals surface area contributed by atoms with E-state index < -0.39 is 0 Å². The molecule has 0 aliphatic carbocycles. The molecule has 0 unspecified atom stereocenters. The van der Waals surface area contributed by atoms with Gasteiger partial charge in [-0.05, 0) is 62.5 Å². The lowest BCUT2D eigenvalue weighted by atomic mass is 9.97. The molecular weight excluding hydrogens is 222 g/mol. The standard InChI is InChI=1S/C15H21N3/c1-17-7-4-12(5-8-17)11-18-9-6-13-2-3-14(16)10-15(13)18/h2-3,6,9-10,12H,4-5,7-8,11,16H2,1H3. The molecule has 0 atom stereocenters. The third kappa shape index (κ3) is 2.23. The monoisotopic (exact) mass is 243 g/mol. The molecule has 0 spiro atoms. The molecule has 96 valence electrons. The molecule has 1 aromatic carbocycles. The second kappa shape index (κ2) is 4.65. The summed E-state index contributed by atoms with van der Waals surface area (Å²) in [6, 6.07) is 8.35. The molecule has 2 N–H and O–H groups in total. The predicted molar refractivity (Wildman–Crippen MR) is 76.6 cm³/mol. The van der Waals surface area contributed by atoms with Gasteiger partial charge in [0.05, 0.1) is 5.52 Å². The van der Waals surface area contributed by atoms with Gasteiger partial charge in [0.1, 0.15) is 0 Å². The van der Waals surface area contributed by atoms with Crippen molar-refractivity contribution in [3.05, 3.63) is 30.5 Å². The Balaban J connectivity index is 1.80. The molecule has 2 aromatic rings. The SMILES string of the molecule is CN1CCC(Cn2ccc3ccc(N)cc32)CC1. The Bertz CT molecular complexity index is 536. The first-order valence-corrected chi connectivity index (χ1v) is 6.75. The molecule has 0 radical (unpaired) electrons. The first-order valence-electron chi connectivity index (χ1n) is 6.75. The minimum atomic E-state index is 0.804. The zero-order chi connectivity index (χ0) is 12.5. The zero-order valence-corrected chi connectivity index (χ0v) is 11.0. The number of nitrogen functional groups attached to an aromatic ring is 1. The van der Waals surface area contributed by atoms with E-state index in [0.717, 1.165) is 18.2 Å². The van der Waals surface area contributed by atoms with Gasteiger partial charge < -0.3 is 15.2 Å². The lowest BCUT2D eigenvalue weighted by Crippen LogP contribution is -2.31. The smallest absolute Gasteiger partial charge is 0.0500 e. The van der Waals surface area contributed by atoms with Crippen LogP contribution in [0.2, 0.25) is 0 Å². The number of rotatable bonds is 2. The molecule has 1 aromatic heterocycles. The van der Waals surface area contributed by atoms with Gasteiger partial charge in [-0.25, -0.2) is 0 Å². The highest BCUT2D eigenvalue weighted by atomic mass is 15.1. The second-order valence-electron chi connectivity index (χ2n) is 5.53. The van der Waals surface area contributed by atoms with Crippen molar-refractivity contribution in [3.8, 4) is 0 Å². The highest BCUT2D eigenvalue weighted by Gasteiger charge is 2.17. The summed E-state index contributed by atoms with van der Waals surface area (Å²) in [5, 5.41) is 1.29. The largest absolute Gasteiger partial charge is 0.399 e. The second-order valence-corrected chi connectivity index (χ2v) is 5.53. The topological polar surface area (TPSA) is 34.2 Å². The van der Waals surface area contributed by atoms with Crippen LogP contribution in [0.25, 0.3) is 10.9 Å². The number of likely N-dealkylation sites (tertiary alicyclic amines) is 1. The number of fused-ring (bicyclic) bond motifs is 1. The van der Waals surface area contributed by atoms with E-state index in [2.05, 4.69) is 40.9 Å². The molecule has 1 fully saturated rings. The lowest BCUT2D eigenvalue weighted by molar-refractivity contribution is 0.206. The van der Waals surface area contributed by atoms with E-state index in [4.69, 9.17) is 5.73 Å². The Morgan fingerprint density at radius 3 is 2.78 bits per heavy atom. The van der Waals surface area contributed by atoms with Crippen LogP contribution in [0.3, 0.4) is 0 Å². The van der Waals surface area contributed by atoms with Gasteiger partial charge in [-0.15, -0.1) is 0 Å². The van der Waals surface area contributed by atoms with Crippen LogP contribution in [0.5, 0.6) is 0 Å². The molecule has 3 rings (SSSR count). The summed E-state index contributed by atoms with van der Waals surface area (Å²) in [6.45, 7) is 3.58. The van der Waals surface area contributed by atoms with Gasteiger partial charge in [0.15, 0.2) is 0 Å². The van der Waals surface area contributed by atoms with Crippen molar-refractivity contribution in [1.29, 1.82) is 0 Å². The number of piperidine rings is 1. The van der Waals surface area contributed by atoms with Gasteiger partial charge in [0.2, 0.25) is 0 Å². The van der Waals surface area contributed by atoms with E-state index >= 15 is 0 Å². The van der Waals surface area contributed by atoms with Crippen molar-refractivity contribution in [3.63, 3.8) is 0 Å². The van der Waals surface area contributed by atoms with Gasteiger partial charge >= 0.3 is 0 Å². The van der Waals surface area contributed by atoms with Gasteiger partial charge in [0.25, 0.3) is 0 Å². The van der Waals surface area contributed by atoms with Gasteiger partial charge in [-0.3, -0.25) is 0 Å². The van der Waals surface area contributed by atoms with Crippen LogP contribution in [0.4, 0.5) is 5.69 Å². The Kier molecular flexibility index (Phi) is 3.00. The lowest BCUT2D eigenvalue weighted by Gasteiger charge is -2.29. The Morgan fingerprint density at radius 2 is 2.00 bits per heavy atom. The Morgan fingerprint density at radius 1 is 1.22 bits per heavy atom. The van der Waals surface area contributed by atoms with Gasteiger partial charge in [-0.2, -0.15) is 0 Å². The molecule has 3 nitrogen and oxygen atoms in total. The van der Waals surface area contributed by atoms with Gasteiger partial charge in [0, 0.05) is 18.4 Å². The zero-order valence-electron chi connectivity index (χ0n) is 11.0. The number of hydrogen-bond acceptors (Lipinski definition) is 2. The summed E-state index contributed by atoms with van der Waals surface area (Å²) >= 11 is 0. The predicted octanol–water partition coefficient (Wildman–Crippen LogP) is 2.57. The van der Waals surface area contributed by atoms with Crippen LogP contribution >= 0.6 is 0 Å². The maximum Gasteiger partial charge on any atom is 0.0500 e. The first-order chi connectivity index (χ1) is 8.72. The van der Waals surface area contributed by atoms with Gasteiger partial charge in [-0.1, -0.05) is 6.07 Å². The van der Waals surface area contributed by atoms with Crippen LogP contribution in [-0.4, -0.2) is 29.6 Å². The molecule has 0 saturated carbocycles. The van der Waals surface area contributed by atoms with E-state index in [1.165, 1.54) is 36.8 Å². The molecule has 0 bridgehead atoms. The van der Waals surface area contributed by atoms with Crippen LogP contribution in [-0.2, 0) is 6.54 Å². The molecule has 18 heavy (non-hydrogen) atoms. The minimum Gasteiger partial charge on any atom is -0.399 e. The van der Waals surface area contributed by atoms with Crippen LogP contribution in [0.1, 0.15) is 12.8 Å². The van der Waals surface area contributed by atoms with Crippen LogP contribution in [0, 0.1) is 5.92 Å². The fraction of sp³-hybridized carbons (Fsp3) is 0.467. The van der Waals surface area contributed by atoms with Crippen molar-refractivity contribution in [2.24, 2.45) is 5.92 Å². The Labute approximate surface area is 108 Å². The molecule has 2 heterocycles. The normalized spacial score (nSPS) is 18.5. The molecule has 1 aliphatic heterocycles. The number of anilines is 1. The average molecular weight is 243 g/mol. The van der Waals surface area contributed by atoms with E-state index in [1.54, 1.807) is 0 Å². The van der Waals surface area contributed by atoms with E-state index in [0.29, 0.717) is 0 Å². The van der Waals surface area contributed by atoms with Crippen molar-refractivity contribution in [1.82, 2.24) is 9.47 Å². The molecular formula is C15H21N3. The quantitative estimate of drug-likeness (QED) is 0.823. The van der Waals surface area contributed by atoms with E-state index in [1.807, 2.05) is 6.07 Å². The summed E-state index contributed by atoms with van der Waals surface area (Å²) in [6.07, 6.45) is 4.80. The molecule has 1 aliphatic rings. The minimum absolute atomic E-state index is 0.804. The van der Waals surface area contributed by atoms with Crippen molar-refractivity contribution in [2.75, 3.05) is 25.9 Å². The maximum atomic E-state index is 5.88. The molecule has 3 heteroatoms. The summed E-state index contributed by atoms with van der Waals surface area (Å²) in [5.74, 6) is 0.804. The number of hydrogen-bond donors (Lipinski definition) is 1. The maximum absolute atomic E-state index is 5.88. The molecule has 0 amide bonds. The summed E-state index contributed by atoms with van der Waals surface area (Å²) in [7, 11) is 2.21. The van der Waals surface area contributed by atoms with E-state index in [-0.39, 0.29) is 0 Å². The fourth-order valence-corrected chi connectivity index (χ4v) is 2.88. The summed E-state index contributed by atoms with van der Waals surface area (Å²) in [4.78, 5) is 2.42. The van der Waals surface area contributed by atoms with Crippen molar-refractivity contribution in [2.45, 2.75) is 19.4 Å². The third-order valence-electron chi connectivity index (χ3n) is 4.09. The van der Waals surface area contributed by atoms with Crippen molar-refractivity contribution < 1.29 is 0 Å².